The predicted molar refractivity (Wildman–Crippen MR) is 59.2 cm³/mol. The first-order chi connectivity index (χ1) is 6.58. The van der Waals surface area contributed by atoms with Gasteiger partial charge in [0.05, 0.1) is 6.04 Å². The quantitative estimate of drug-likeness (QED) is 0.520. The predicted octanol–water partition coefficient (Wildman–Crippen LogP) is 1.63. The van der Waals surface area contributed by atoms with E-state index >= 15 is 0 Å². The number of nitrogens with two attached hydrogens (primary N) is 1. The summed E-state index contributed by atoms with van der Waals surface area (Å²) in [5, 5.41) is 3.25. The van der Waals surface area contributed by atoms with Gasteiger partial charge in [0, 0.05) is 6.04 Å². The molecule has 14 heavy (non-hydrogen) atoms. The second-order valence-corrected chi connectivity index (χ2v) is 5.33. The summed E-state index contributed by atoms with van der Waals surface area (Å²) in [6, 6.07) is 1.04. The molecule has 2 fully saturated rings. The van der Waals surface area contributed by atoms with E-state index in [9.17, 15) is 0 Å². The first-order valence-electron chi connectivity index (χ1n) is 5.68. The van der Waals surface area contributed by atoms with Crippen LogP contribution in [0.2, 0.25) is 0 Å². The summed E-state index contributed by atoms with van der Waals surface area (Å²) in [4.78, 5) is 4.59. The minimum Gasteiger partial charge on any atom is -0.370 e. The molecule has 0 bridgehead atoms. The van der Waals surface area contributed by atoms with Crippen molar-refractivity contribution >= 4 is 5.96 Å². The Balaban J connectivity index is 1.93. The van der Waals surface area contributed by atoms with Gasteiger partial charge in [0.15, 0.2) is 5.96 Å². The molecule has 80 valence electrons. The first kappa shape index (κ1) is 9.81. The molecular weight excluding hydrogens is 174 g/mol. The molecular formula is C11H21N3. The SMILES string of the molecule is CC1(C)CCCC1N=C(N)NC1CC1. The van der Waals surface area contributed by atoms with Gasteiger partial charge in [-0.15, -0.1) is 0 Å². The van der Waals surface area contributed by atoms with E-state index < -0.39 is 0 Å². The van der Waals surface area contributed by atoms with Gasteiger partial charge in [-0.05, 0) is 31.1 Å². The molecule has 2 aliphatic rings. The molecule has 1 unspecified atom stereocenters. The van der Waals surface area contributed by atoms with Crippen LogP contribution in [0.25, 0.3) is 0 Å². The van der Waals surface area contributed by atoms with Crippen LogP contribution in [0, 0.1) is 5.41 Å². The van der Waals surface area contributed by atoms with E-state index in [0.717, 1.165) is 0 Å². The Morgan fingerprint density at radius 2 is 2.07 bits per heavy atom. The highest BCUT2D eigenvalue weighted by molar-refractivity contribution is 5.78. The van der Waals surface area contributed by atoms with Crippen LogP contribution in [-0.2, 0) is 0 Å². The molecule has 3 heteroatoms. The van der Waals surface area contributed by atoms with Gasteiger partial charge in [0.2, 0.25) is 0 Å². The van der Waals surface area contributed by atoms with Gasteiger partial charge < -0.3 is 11.1 Å². The highest BCUT2D eigenvalue weighted by Gasteiger charge is 2.34. The lowest BCUT2D eigenvalue weighted by Gasteiger charge is -2.23. The fraction of sp³-hybridized carbons (Fsp3) is 0.909. The molecule has 3 N–H and O–H groups in total. The summed E-state index contributed by atoms with van der Waals surface area (Å²) >= 11 is 0. The average Bonchev–Trinajstić information content (AvgIpc) is 2.80. The molecule has 0 spiro atoms. The molecule has 1 atom stereocenters. The van der Waals surface area contributed by atoms with Gasteiger partial charge >= 0.3 is 0 Å². The van der Waals surface area contributed by atoms with E-state index in [-0.39, 0.29) is 0 Å². The molecule has 2 rings (SSSR count). The number of hydrogen-bond donors (Lipinski definition) is 2. The van der Waals surface area contributed by atoms with Crippen molar-refractivity contribution in [2.45, 2.75) is 58.0 Å². The van der Waals surface area contributed by atoms with Gasteiger partial charge in [-0.3, -0.25) is 0 Å². The molecule has 2 saturated carbocycles. The van der Waals surface area contributed by atoms with E-state index in [1.165, 1.54) is 32.1 Å². The van der Waals surface area contributed by atoms with Crippen LogP contribution in [0.5, 0.6) is 0 Å². The normalized spacial score (nSPS) is 31.9. The zero-order valence-corrected chi connectivity index (χ0v) is 9.21. The fourth-order valence-electron chi connectivity index (χ4n) is 2.19. The monoisotopic (exact) mass is 195 g/mol. The largest absolute Gasteiger partial charge is 0.370 e. The Morgan fingerprint density at radius 1 is 1.36 bits per heavy atom. The van der Waals surface area contributed by atoms with Crippen molar-refractivity contribution in [3.8, 4) is 0 Å². The van der Waals surface area contributed by atoms with Crippen LogP contribution in [0.3, 0.4) is 0 Å². The molecule has 0 radical (unpaired) electrons. The van der Waals surface area contributed by atoms with E-state index in [4.69, 9.17) is 5.73 Å². The van der Waals surface area contributed by atoms with Crippen LogP contribution in [-0.4, -0.2) is 18.0 Å². The highest BCUT2D eigenvalue weighted by Crippen LogP contribution is 2.39. The smallest absolute Gasteiger partial charge is 0.189 e. The molecule has 0 aromatic carbocycles. The second kappa shape index (κ2) is 3.44. The number of nitrogens with zero attached hydrogens (tertiary/aromatic N) is 1. The van der Waals surface area contributed by atoms with Crippen LogP contribution >= 0.6 is 0 Å². The average molecular weight is 195 g/mol. The lowest BCUT2D eigenvalue weighted by Crippen LogP contribution is -2.36. The number of aliphatic imine (C=N–C) groups is 1. The van der Waals surface area contributed by atoms with Crippen LogP contribution in [0.4, 0.5) is 0 Å². The number of hydrogen-bond acceptors (Lipinski definition) is 1. The van der Waals surface area contributed by atoms with Crippen molar-refractivity contribution < 1.29 is 0 Å². The second-order valence-electron chi connectivity index (χ2n) is 5.33. The Hall–Kier alpha value is -0.730. The molecule has 0 aromatic rings. The van der Waals surface area contributed by atoms with Crippen molar-refractivity contribution in [2.24, 2.45) is 16.1 Å². The molecule has 2 aliphatic carbocycles. The van der Waals surface area contributed by atoms with Crippen molar-refractivity contribution in [1.82, 2.24) is 5.32 Å². The number of guanidine groups is 1. The minimum atomic E-state index is 0.343. The van der Waals surface area contributed by atoms with Crippen LogP contribution < -0.4 is 11.1 Å². The minimum absolute atomic E-state index is 0.343. The summed E-state index contributed by atoms with van der Waals surface area (Å²) in [6.45, 7) is 4.58. The molecule has 0 aromatic heterocycles. The maximum absolute atomic E-state index is 5.85. The third kappa shape index (κ3) is 2.20. The Morgan fingerprint density at radius 3 is 2.57 bits per heavy atom. The summed E-state index contributed by atoms with van der Waals surface area (Å²) in [6.07, 6.45) is 6.27. The van der Waals surface area contributed by atoms with Gasteiger partial charge in [0.25, 0.3) is 0 Å². The Bertz CT molecular complexity index is 241. The topological polar surface area (TPSA) is 50.4 Å². The van der Waals surface area contributed by atoms with Gasteiger partial charge in [-0.1, -0.05) is 20.3 Å². The maximum atomic E-state index is 5.85. The van der Waals surface area contributed by atoms with Gasteiger partial charge in [-0.25, -0.2) is 4.99 Å². The number of rotatable bonds is 2. The van der Waals surface area contributed by atoms with Crippen molar-refractivity contribution in [3.63, 3.8) is 0 Å². The highest BCUT2D eigenvalue weighted by atomic mass is 15.1. The lowest BCUT2D eigenvalue weighted by molar-refractivity contribution is 0.333. The van der Waals surface area contributed by atoms with Crippen LogP contribution in [0.15, 0.2) is 4.99 Å². The van der Waals surface area contributed by atoms with E-state index in [1.54, 1.807) is 0 Å². The Labute approximate surface area is 86.2 Å². The summed E-state index contributed by atoms with van der Waals surface area (Å²) in [5.74, 6) is 0.660. The van der Waals surface area contributed by atoms with Crippen molar-refractivity contribution in [3.05, 3.63) is 0 Å². The fourth-order valence-corrected chi connectivity index (χ4v) is 2.19. The maximum Gasteiger partial charge on any atom is 0.189 e. The first-order valence-corrected chi connectivity index (χ1v) is 5.68. The molecule has 0 amide bonds. The molecule has 0 heterocycles. The van der Waals surface area contributed by atoms with Crippen LogP contribution in [0.1, 0.15) is 46.0 Å². The summed E-state index contributed by atoms with van der Waals surface area (Å²) in [7, 11) is 0. The summed E-state index contributed by atoms with van der Waals surface area (Å²) < 4.78 is 0. The zero-order valence-electron chi connectivity index (χ0n) is 9.21. The molecule has 0 saturated heterocycles. The third-order valence-electron chi connectivity index (χ3n) is 3.43. The van der Waals surface area contributed by atoms with E-state index in [1.807, 2.05) is 0 Å². The number of nitrogens with one attached hydrogen (secondary N) is 1. The standard InChI is InChI=1S/C11H21N3/c1-11(2)7-3-4-9(11)14-10(12)13-8-5-6-8/h8-9H,3-7H2,1-2H3,(H3,12,13,14). The molecule has 0 aliphatic heterocycles. The van der Waals surface area contributed by atoms with Gasteiger partial charge in [-0.2, -0.15) is 0 Å². The molecule has 3 nitrogen and oxygen atoms in total. The van der Waals surface area contributed by atoms with E-state index in [2.05, 4.69) is 24.2 Å². The lowest BCUT2D eigenvalue weighted by atomic mass is 9.88. The van der Waals surface area contributed by atoms with Crippen molar-refractivity contribution in [2.75, 3.05) is 0 Å². The van der Waals surface area contributed by atoms with E-state index in [0.29, 0.717) is 23.5 Å². The Kier molecular flexibility index (Phi) is 2.41. The summed E-state index contributed by atoms with van der Waals surface area (Å²) in [5.41, 5.74) is 6.20. The third-order valence-corrected chi connectivity index (χ3v) is 3.43. The van der Waals surface area contributed by atoms with Crippen molar-refractivity contribution in [1.29, 1.82) is 0 Å². The zero-order chi connectivity index (χ0) is 10.2. The van der Waals surface area contributed by atoms with Gasteiger partial charge in [0.1, 0.15) is 0 Å².